The quantitative estimate of drug-likeness (QED) is 0.710. The van der Waals surface area contributed by atoms with Crippen molar-refractivity contribution in [3.8, 4) is 5.75 Å². The lowest BCUT2D eigenvalue weighted by Gasteiger charge is -2.13. The van der Waals surface area contributed by atoms with Gasteiger partial charge in [-0.2, -0.15) is 0 Å². The molecule has 6 heteroatoms. The molecule has 3 rings (SSSR count). The number of hydrogen-bond acceptors (Lipinski definition) is 5. The fraction of sp³-hybridized carbons (Fsp3) is 0.150. The van der Waals surface area contributed by atoms with E-state index < -0.39 is 0 Å². The molecule has 1 amide bonds. The van der Waals surface area contributed by atoms with Gasteiger partial charge in [0.05, 0.1) is 13.2 Å². The maximum absolute atomic E-state index is 12.3. The second kappa shape index (κ2) is 8.11. The number of amides is 1. The van der Waals surface area contributed by atoms with E-state index in [1.807, 2.05) is 61.5 Å². The van der Waals surface area contributed by atoms with Gasteiger partial charge in [-0.05, 0) is 48.9 Å². The fourth-order valence-electron chi connectivity index (χ4n) is 2.44. The van der Waals surface area contributed by atoms with Crippen LogP contribution in [0.1, 0.15) is 29.0 Å². The molecule has 1 aromatic heterocycles. The molecule has 1 atom stereocenters. The van der Waals surface area contributed by atoms with Crippen LogP contribution >= 0.6 is 0 Å². The summed E-state index contributed by atoms with van der Waals surface area (Å²) in [7, 11) is 1.62. The largest absolute Gasteiger partial charge is 0.497 e. The minimum absolute atomic E-state index is 0.109. The van der Waals surface area contributed by atoms with Gasteiger partial charge in [-0.15, -0.1) is 10.2 Å². The molecular weight excluding hydrogens is 328 g/mol. The molecule has 6 nitrogen and oxygen atoms in total. The van der Waals surface area contributed by atoms with Crippen LogP contribution in [0.5, 0.6) is 5.75 Å². The van der Waals surface area contributed by atoms with Gasteiger partial charge in [-0.3, -0.25) is 4.79 Å². The lowest BCUT2D eigenvalue weighted by molar-refractivity contribution is 0.0934. The van der Waals surface area contributed by atoms with E-state index in [1.54, 1.807) is 19.2 Å². The van der Waals surface area contributed by atoms with E-state index in [2.05, 4.69) is 20.8 Å². The lowest BCUT2D eigenvalue weighted by Crippen LogP contribution is -2.27. The Balaban J connectivity index is 1.62. The second-order valence-corrected chi connectivity index (χ2v) is 5.76. The molecule has 2 aromatic carbocycles. The molecule has 0 aliphatic rings. The normalized spacial score (nSPS) is 11.5. The molecular formula is C20H20N4O2. The molecule has 0 saturated carbocycles. The van der Waals surface area contributed by atoms with Crippen molar-refractivity contribution in [2.75, 3.05) is 12.4 Å². The van der Waals surface area contributed by atoms with Gasteiger partial charge in [0.15, 0.2) is 11.5 Å². The number of ether oxygens (including phenoxy) is 1. The minimum Gasteiger partial charge on any atom is -0.497 e. The van der Waals surface area contributed by atoms with Crippen LogP contribution in [0, 0.1) is 0 Å². The number of methoxy groups -OCH3 is 1. The third-order valence-corrected chi connectivity index (χ3v) is 3.91. The second-order valence-electron chi connectivity index (χ2n) is 5.76. The molecule has 1 unspecified atom stereocenters. The lowest BCUT2D eigenvalue weighted by atomic mass is 10.1. The molecule has 0 spiro atoms. The van der Waals surface area contributed by atoms with Gasteiger partial charge in [0.2, 0.25) is 0 Å². The molecule has 1 heterocycles. The highest BCUT2D eigenvalue weighted by atomic mass is 16.5. The molecule has 0 bridgehead atoms. The number of rotatable bonds is 6. The number of nitrogens with zero attached hydrogens (tertiary/aromatic N) is 2. The summed E-state index contributed by atoms with van der Waals surface area (Å²) in [4.78, 5) is 12.3. The molecule has 0 radical (unpaired) electrons. The molecule has 0 fully saturated rings. The molecule has 0 saturated heterocycles. The van der Waals surface area contributed by atoms with Crippen molar-refractivity contribution in [3.05, 3.63) is 78.0 Å². The third-order valence-electron chi connectivity index (χ3n) is 3.91. The van der Waals surface area contributed by atoms with Crippen molar-refractivity contribution in [2.24, 2.45) is 0 Å². The minimum atomic E-state index is -0.259. The van der Waals surface area contributed by atoms with Gasteiger partial charge < -0.3 is 15.4 Å². The van der Waals surface area contributed by atoms with Crippen molar-refractivity contribution in [1.82, 2.24) is 15.5 Å². The summed E-state index contributed by atoms with van der Waals surface area (Å²) in [6.07, 6.45) is 0. The molecule has 0 aliphatic heterocycles. The van der Waals surface area contributed by atoms with E-state index in [0.29, 0.717) is 5.82 Å². The maximum atomic E-state index is 12.3. The van der Waals surface area contributed by atoms with Crippen molar-refractivity contribution in [1.29, 1.82) is 0 Å². The first-order valence-electron chi connectivity index (χ1n) is 8.26. The topological polar surface area (TPSA) is 76.1 Å². The van der Waals surface area contributed by atoms with Crippen LogP contribution < -0.4 is 15.4 Å². The van der Waals surface area contributed by atoms with Gasteiger partial charge in [0.1, 0.15) is 5.75 Å². The monoisotopic (exact) mass is 348 g/mol. The molecule has 132 valence electrons. The van der Waals surface area contributed by atoms with Crippen molar-refractivity contribution < 1.29 is 9.53 Å². The Morgan fingerprint density at radius 3 is 2.31 bits per heavy atom. The summed E-state index contributed by atoms with van der Waals surface area (Å²) in [5, 5.41) is 14.1. The highest BCUT2D eigenvalue weighted by molar-refractivity contribution is 5.92. The van der Waals surface area contributed by atoms with Crippen LogP contribution in [0.2, 0.25) is 0 Å². The highest BCUT2D eigenvalue weighted by Gasteiger charge is 2.13. The van der Waals surface area contributed by atoms with Crippen LogP contribution in [0.3, 0.4) is 0 Å². The summed E-state index contributed by atoms with van der Waals surface area (Å²) in [5.74, 6) is 1.08. The highest BCUT2D eigenvalue weighted by Crippen LogP contribution is 2.18. The Kier molecular flexibility index (Phi) is 5.43. The molecule has 2 N–H and O–H groups in total. The first kappa shape index (κ1) is 17.4. The summed E-state index contributed by atoms with van der Waals surface area (Å²) in [5.41, 5.74) is 2.16. The summed E-state index contributed by atoms with van der Waals surface area (Å²) in [6.45, 7) is 1.93. The zero-order valence-electron chi connectivity index (χ0n) is 14.6. The summed E-state index contributed by atoms with van der Waals surface area (Å²) < 4.78 is 5.12. The molecule has 3 aromatic rings. The SMILES string of the molecule is COc1ccc(Nc2ccc(C(=O)NC(C)c3ccccc3)nn2)cc1. The van der Waals surface area contributed by atoms with Gasteiger partial charge in [0, 0.05) is 5.69 Å². The Labute approximate surface area is 152 Å². The number of carbonyl (C=O) groups excluding carboxylic acids is 1. The summed E-state index contributed by atoms with van der Waals surface area (Å²) in [6, 6.07) is 20.5. The predicted molar refractivity (Wildman–Crippen MR) is 101 cm³/mol. The van der Waals surface area contributed by atoms with E-state index in [4.69, 9.17) is 4.74 Å². The Hall–Kier alpha value is -3.41. The third kappa shape index (κ3) is 4.36. The molecule has 0 aliphatic carbocycles. The van der Waals surface area contributed by atoms with Crippen LogP contribution in [0.4, 0.5) is 11.5 Å². The summed E-state index contributed by atoms with van der Waals surface area (Å²) >= 11 is 0. The van der Waals surface area contributed by atoms with Crippen molar-refractivity contribution in [3.63, 3.8) is 0 Å². The van der Waals surface area contributed by atoms with Gasteiger partial charge in [-0.1, -0.05) is 30.3 Å². The van der Waals surface area contributed by atoms with Crippen LogP contribution in [0.25, 0.3) is 0 Å². The average Bonchev–Trinajstić information content (AvgIpc) is 2.69. The van der Waals surface area contributed by atoms with Crippen LogP contribution in [-0.2, 0) is 0 Å². The van der Waals surface area contributed by atoms with Gasteiger partial charge in [0.25, 0.3) is 5.91 Å². The number of carbonyl (C=O) groups is 1. The Bertz CT molecular complexity index is 849. The van der Waals surface area contributed by atoms with E-state index in [1.165, 1.54) is 0 Å². The zero-order chi connectivity index (χ0) is 18.4. The number of benzene rings is 2. The zero-order valence-corrected chi connectivity index (χ0v) is 14.6. The van der Waals surface area contributed by atoms with Crippen LogP contribution in [0.15, 0.2) is 66.7 Å². The number of hydrogen-bond donors (Lipinski definition) is 2. The van der Waals surface area contributed by atoms with E-state index in [0.717, 1.165) is 17.0 Å². The van der Waals surface area contributed by atoms with E-state index in [-0.39, 0.29) is 17.6 Å². The van der Waals surface area contributed by atoms with Crippen molar-refractivity contribution >= 4 is 17.4 Å². The van der Waals surface area contributed by atoms with Gasteiger partial charge >= 0.3 is 0 Å². The fourth-order valence-corrected chi connectivity index (χ4v) is 2.44. The number of anilines is 2. The average molecular weight is 348 g/mol. The molecule has 26 heavy (non-hydrogen) atoms. The van der Waals surface area contributed by atoms with E-state index >= 15 is 0 Å². The first-order valence-corrected chi connectivity index (χ1v) is 8.26. The van der Waals surface area contributed by atoms with Crippen molar-refractivity contribution in [2.45, 2.75) is 13.0 Å². The maximum Gasteiger partial charge on any atom is 0.272 e. The van der Waals surface area contributed by atoms with E-state index in [9.17, 15) is 4.79 Å². The number of aromatic nitrogens is 2. The first-order chi connectivity index (χ1) is 12.7. The van der Waals surface area contributed by atoms with Gasteiger partial charge in [-0.25, -0.2) is 0 Å². The predicted octanol–water partition coefficient (Wildman–Crippen LogP) is 3.72. The standard InChI is InChI=1S/C20H20N4O2/c1-14(15-6-4-3-5-7-15)21-20(25)18-12-13-19(24-23-18)22-16-8-10-17(26-2)11-9-16/h3-14H,1-2H3,(H,21,25)(H,22,24). The smallest absolute Gasteiger partial charge is 0.272 e. The van der Waals surface area contributed by atoms with Crippen LogP contribution in [-0.4, -0.2) is 23.2 Å². The Morgan fingerprint density at radius 2 is 1.69 bits per heavy atom. The number of nitrogens with one attached hydrogen (secondary N) is 2. The Morgan fingerprint density at radius 1 is 0.962 bits per heavy atom.